The van der Waals surface area contributed by atoms with Crippen molar-refractivity contribution in [2.24, 2.45) is 0 Å². The molecule has 1 aromatic carbocycles. The Hall–Kier alpha value is -1.65. The smallest absolute Gasteiger partial charge is 0.376 e. The average molecular weight is 394 g/mol. The summed E-state index contributed by atoms with van der Waals surface area (Å²) in [5, 5.41) is 2.59. The monoisotopic (exact) mass is 394 g/mol. The molecule has 1 fully saturated rings. The molecule has 1 aliphatic heterocycles. The number of nitrogens with zero attached hydrogens (tertiary/aromatic N) is 1. The van der Waals surface area contributed by atoms with Gasteiger partial charge >= 0.3 is 6.18 Å². The third-order valence-electron chi connectivity index (χ3n) is 4.56. The molecule has 1 aliphatic rings. The average Bonchev–Trinajstić information content (AvgIpc) is 2.58. The van der Waals surface area contributed by atoms with E-state index in [0.717, 1.165) is 18.4 Å². The summed E-state index contributed by atoms with van der Waals surface area (Å²) in [6.07, 6.45) is -2.65. The molecular formula is C16H21F3N2O4S. The molecule has 6 nitrogen and oxygen atoms in total. The molecule has 2 rings (SSSR count). The molecule has 1 saturated heterocycles. The highest BCUT2D eigenvalue weighted by atomic mass is 32.2. The van der Waals surface area contributed by atoms with E-state index in [1.807, 2.05) is 0 Å². The SMILES string of the molecule is COC1(CNC(=O)c2cccc(C(F)(F)F)c2)CCN(S(C)(=O)=O)CC1. The summed E-state index contributed by atoms with van der Waals surface area (Å²) < 4.78 is 68.2. The van der Waals surface area contributed by atoms with Crippen LogP contribution in [0.4, 0.5) is 13.2 Å². The van der Waals surface area contributed by atoms with Gasteiger partial charge in [-0.25, -0.2) is 12.7 Å². The van der Waals surface area contributed by atoms with Crippen molar-refractivity contribution in [2.45, 2.75) is 24.6 Å². The number of hydrogen-bond acceptors (Lipinski definition) is 4. The van der Waals surface area contributed by atoms with E-state index in [9.17, 15) is 26.4 Å². The van der Waals surface area contributed by atoms with Crippen molar-refractivity contribution in [3.8, 4) is 0 Å². The van der Waals surface area contributed by atoms with Crippen molar-refractivity contribution in [3.63, 3.8) is 0 Å². The summed E-state index contributed by atoms with van der Waals surface area (Å²) in [4.78, 5) is 12.2. The summed E-state index contributed by atoms with van der Waals surface area (Å²) in [5.74, 6) is -0.641. The van der Waals surface area contributed by atoms with Gasteiger partial charge in [0.2, 0.25) is 10.0 Å². The topological polar surface area (TPSA) is 75.7 Å². The summed E-state index contributed by atoms with van der Waals surface area (Å²) >= 11 is 0. The predicted octanol–water partition coefficient (Wildman–Crippen LogP) is 1.88. The van der Waals surface area contributed by atoms with Gasteiger partial charge in [-0.15, -0.1) is 0 Å². The number of ether oxygens (including phenoxy) is 1. The van der Waals surface area contributed by atoms with Crippen LogP contribution < -0.4 is 5.32 Å². The van der Waals surface area contributed by atoms with Gasteiger partial charge in [0.15, 0.2) is 0 Å². The first kappa shape index (κ1) is 20.7. The van der Waals surface area contributed by atoms with Crippen molar-refractivity contribution >= 4 is 15.9 Å². The van der Waals surface area contributed by atoms with E-state index in [-0.39, 0.29) is 25.2 Å². The molecule has 0 atom stereocenters. The van der Waals surface area contributed by atoms with Crippen LogP contribution in [-0.4, -0.2) is 57.2 Å². The molecule has 1 heterocycles. The fourth-order valence-electron chi connectivity index (χ4n) is 2.86. The number of nitrogens with one attached hydrogen (secondary N) is 1. The molecule has 1 amide bonds. The highest BCUT2D eigenvalue weighted by Crippen LogP contribution is 2.30. The van der Waals surface area contributed by atoms with Gasteiger partial charge in [0.05, 0.1) is 17.4 Å². The van der Waals surface area contributed by atoms with E-state index in [2.05, 4.69) is 5.32 Å². The molecule has 0 bridgehead atoms. The van der Waals surface area contributed by atoms with Crippen LogP contribution in [0.2, 0.25) is 0 Å². The maximum Gasteiger partial charge on any atom is 0.416 e. The predicted molar refractivity (Wildman–Crippen MR) is 89.2 cm³/mol. The maximum absolute atomic E-state index is 12.8. The van der Waals surface area contributed by atoms with Crippen LogP contribution in [0.3, 0.4) is 0 Å². The van der Waals surface area contributed by atoms with Gasteiger partial charge < -0.3 is 10.1 Å². The van der Waals surface area contributed by atoms with Crippen LogP contribution in [0.25, 0.3) is 0 Å². The number of benzene rings is 1. The van der Waals surface area contributed by atoms with Gasteiger partial charge in [-0.2, -0.15) is 13.2 Å². The molecule has 0 aliphatic carbocycles. The van der Waals surface area contributed by atoms with Crippen molar-refractivity contribution in [3.05, 3.63) is 35.4 Å². The molecule has 0 unspecified atom stereocenters. The Kier molecular flexibility index (Phi) is 5.99. The Morgan fingerprint density at radius 3 is 2.42 bits per heavy atom. The number of alkyl halides is 3. The first-order valence-electron chi connectivity index (χ1n) is 7.93. The van der Waals surface area contributed by atoms with E-state index in [0.29, 0.717) is 12.8 Å². The lowest BCUT2D eigenvalue weighted by Crippen LogP contribution is -2.53. The quantitative estimate of drug-likeness (QED) is 0.828. The third-order valence-corrected chi connectivity index (χ3v) is 5.86. The van der Waals surface area contributed by atoms with Crippen molar-refractivity contribution in [2.75, 3.05) is 33.0 Å². The standard InChI is InChI=1S/C16H21F3N2O4S/c1-25-15(6-8-21(9-7-15)26(2,23)24)11-20-14(22)12-4-3-5-13(10-12)16(17,18)19/h3-5,10H,6-9,11H2,1-2H3,(H,20,22). The fourth-order valence-corrected chi connectivity index (χ4v) is 3.70. The normalized spacial score (nSPS) is 18.5. The van der Waals surface area contributed by atoms with Crippen LogP contribution in [0.1, 0.15) is 28.8 Å². The summed E-state index contributed by atoms with van der Waals surface area (Å²) in [5.41, 5.74) is -1.74. The van der Waals surface area contributed by atoms with Gasteiger partial charge in [0.25, 0.3) is 5.91 Å². The summed E-state index contributed by atoms with van der Waals surface area (Å²) in [6.45, 7) is 0.592. The molecule has 26 heavy (non-hydrogen) atoms. The first-order chi connectivity index (χ1) is 12.0. The largest absolute Gasteiger partial charge is 0.416 e. The Morgan fingerprint density at radius 2 is 1.92 bits per heavy atom. The first-order valence-corrected chi connectivity index (χ1v) is 9.77. The second-order valence-electron chi connectivity index (χ2n) is 6.31. The lowest BCUT2D eigenvalue weighted by Gasteiger charge is -2.39. The third kappa shape index (κ3) is 4.95. The lowest BCUT2D eigenvalue weighted by molar-refractivity contribution is -0.137. The molecule has 10 heteroatoms. The second-order valence-corrected chi connectivity index (χ2v) is 8.29. The minimum absolute atomic E-state index is 0.0795. The number of halogens is 3. The van der Waals surface area contributed by atoms with E-state index in [1.54, 1.807) is 0 Å². The lowest BCUT2D eigenvalue weighted by atomic mass is 9.92. The number of piperidine rings is 1. The maximum atomic E-state index is 12.8. The zero-order valence-electron chi connectivity index (χ0n) is 14.5. The van der Waals surface area contributed by atoms with Crippen molar-refractivity contribution < 1.29 is 31.1 Å². The zero-order valence-corrected chi connectivity index (χ0v) is 15.3. The van der Waals surface area contributed by atoms with Gasteiger partial charge in [0.1, 0.15) is 0 Å². The molecular weight excluding hydrogens is 373 g/mol. The Morgan fingerprint density at radius 1 is 1.31 bits per heavy atom. The van der Waals surface area contributed by atoms with Crippen LogP contribution in [0, 0.1) is 0 Å². The molecule has 1 N–H and O–H groups in total. The molecule has 0 spiro atoms. The van der Waals surface area contributed by atoms with Crippen molar-refractivity contribution in [1.82, 2.24) is 9.62 Å². The van der Waals surface area contributed by atoms with Crippen molar-refractivity contribution in [1.29, 1.82) is 0 Å². The van der Waals surface area contributed by atoms with E-state index in [1.165, 1.54) is 23.5 Å². The van der Waals surface area contributed by atoms with Crippen LogP contribution in [0.15, 0.2) is 24.3 Å². The number of methoxy groups -OCH3 is 1. The minimum Gasteiger partial charge on any atom is -0.376 e. The molecule has 146 valence electrons. The number of hydrogen-bond donors (Lipinski definition) is 1. The second kappa shape index (κ2) is 7.53. The molecule has 0 aromatic heterocycles. The number of rotatable bonds is 5. The summed E-state index contributed by atoms with van der Waals surface area (Å²) in [7, 11) is -1.83. The Balaban J connectivity index is 2.02. The van der Waals surface area contributed by atoms with Gasteiger partial charge in [0, 0.05) is 32.3 Å². The van der Waals surface area contributed by atoms with Crippen LogP contribution in [-0.2, 0) is 20.9 Å². The number of sulfonamides is 1. The Bertz CT molecular complexity index is 757. The Labute approximate surface area is 150 Å². The van der Waals surface area contributed by atoms with Gasteiger partial charge in [-0.05, 0) is 31.0 Å². The highest BCUT2D eigenvalue weighted by molar-refractivity contribution is 7.88. The summed E-state index contributed by atoms with van der Waals surface area (Å²) in [6, 6.07) is 4.17. The van der Waals surface area contributed by atoms with E-state index >= 15 is 0 Å². The zero-order chi connectivity index (χ0) is 19.6. The highest BCUT2D eigenvalue weighted by Gasteiger charge is 2.37. The van der Waals surface area contributed by atoms with Crippen LogP contribution >= 0.6 is 0 Å². The molecule has 0 saturated carbocycles. The van der Waals surface area contributed by atoms with E-state index in [4.69, 9.17) is 4.74 Å². The molecule has 0 radical (unpaired) electrons. The van der Waals surface area contributed by atoms with Gasteiger partial charge in [-0.3, -0.25) is 4.79 Å². The number of carbonyl (C=O) groups excluding carboxylic acids is 1. The van der Waals surface area contributed by atoms with Gasteiger partial charge in [-0.1, -0.05) is 6.07 Å². The van der Waals surface area contributed by atoms with E-state index < -0.39 is 33.3 Å². The van der Waals surface area contributed by atoms with Crippen LogP contribution in [0.5, 0.6) is 0 Å². The number of carbonyl (C=O) groups is 1. The minimum atomic E-state index is -4.53. The number of amides is 1. The molecule has 1 aromatic rings. The fraction of sp³-hybridized carbons (Fsp3) is 0.562.